The Labute approximate surface area is 127 Å². The molecule has 0 radical (unpaired) electrons. The average molecular weight is 316 g/mol. The Hall–Kier alpha value is -1.60. The van der Waals surface area contributed by atoms with E-state index in [1.165, 1.54) is 9.58 Å². The van der Waals surface area contributed by atoms with E-state index in [4.69, 9.17) is 21.4 Å². The maximum atomic E-state index is 12.6. The maximum Gasteiger partial charge on any atom is 0.323 e. The molecule has 21 heavy (non-hydrogen) atoms. The zero-order chi connectivity index (χ0) is 15.6. The van der Waals surface area contributed by atoms with E-state index in [-0.39, 0.29) is 23.3 Å². The van der Waals surface area contributed by atoms with Crippen LogP contribution in [-0.4, -0.2) is 57.5 Å². The first-order valence-electron chi connectivity index (χ1n) is 6.71. The van der Waals surface area contributed by atoms with Gasteiger partial charge >= 0.3 is 5.97 Å². The van der Waals surface area contributed by atoms with Crippen molar-refractivity contribution < 1.29 is 19.4 Å². The predicted molar refractivity (Wildman–Crippen MR) is 75.5 cm³/mol. The summed E-state index contributed by atoms with van der Waals surface area (Å²) < 4.78 is 6.77. The second-order valence-corrected chi connectivity index (χ2v) is 5.42. The van der Waals surface area contributed by atoms with Crippen LogP contribution in [0.25, 0.3) is 0 Å². The van der Waals surface area contributed by atoms with E-state index < -0.39 is 11.9 Å². The van der Waals surface area contributed by atoms with Gasteiger partial charge in [-0.2, -0.15) is 5.10 Å². The van der Waals surface area contributed by atoms with E-state index in [9.17, 15) is 9.59 Å². The zero-order valence-electron chi connectivity index (χ0n) is 12.0. The number of halogens is 1. The maximum absolute atomic E-state index is 12.6. The largest absolute Gasteiger partial charge is 0.480 e. The highest BCUT2D eigenvalue weighted by Crippen LogP contribution is 2.23. The van der Waals surface area contributed by atoms with Gasteiger partial charge in [-0.25, -0.2) is 0 Å². The summed E-state index contributed by atoms with van der Waals surface area (Å²) in [6.45, 7) is 2.42. The van der Waals surface area contributed by atoms with Gasteiger partial charge < -0.3 is 14.7 Å². The van der Waals surface area contributed by atoms with Crippen LogP contribution in [0.5, 0.6) is 0 Å². The lowest BCUT2D eigenvalue weighted by molar-refractivity contribution is -0.138. The lowest BCUT2D eigenvalue weighted by Gasteiger charge is -2.32. The van der Waals surface area contributed by atoms with Crippen LogP contribution in [0.15, 0.2) is 0 Å². The van der Waals surface area contributed by atoms with Gasteiger partial charge in [0.1, 0.15) is 6.54 Å². The fourth-order valence-corrected chi connectivity index (χ4v) is 2.61. The minimum Gasteiger partial charge on any atom is -0.480 e. The van der Waals surface area contributed by atoms with Crippen LogP contribution < -0.4 is 0 Å². The number of ether oxygens (including phenoxy) is 1. The lowest BCUT2D eigenvalue weighted by atomic mass is 10.1. The smallest absolute Gasteiger partial charge is 0.323 e. The van der Waals surface area contributed by atoms with Crippen molar-refractivity contribution in [1.82, 2.24) is 14.7 Å². The van der Waals surface area contributed by atoms with Gasteiger partial charge in [0.05, 0.1) is 10.7 Å². The van der Waals surface area contributed by atoms with E-state index in [0.29, 0.717) is 31.7 Å². The Morgan fingerprint density at radius 1 is 1.48 bits per heavy atom. The van der Waals surface area contributed by atoms with Gasteiger partial charge in [-0.1, -0.05) is 11.6 Å². The molecular formula is C13H18ClN3O4. The summed E-state index contributed by atoms with van der Waals surface area (Å²) in [5.74, 6) is -1.50. The minimum absolute atomic E-state index is 0.101. The van der Waals surface area contributed by atoms with Gasteiger partial charge in [-0.15, -0.1) is 0 Å². The summed E-state index contributed by atoms with van der Waals surface area (Å²) in [7, 11) is 1.69. The van der Waals surface area contributed by atoms with Gasteiger partial charge in [-0.05, 0) is 19.8 Å². The highest BCUT2D eigenvalue weighted by atomic mass is 35.5. The molecule has 8 heteroatoms. The molecule has 0 unspecified atom stereocenters. The molecule has 0 saturated carbocycles. The molecule has 7 nitrogen and oxygen atoms in total. The molecule has 2 heterocycles. The van der Waals surface area contributed by atoms with Crippen LogP contribution in [0.1, 0.15) is 29.0 Å². The third kappa shape index (κ3) is 3.36. The first kappa shape index (κ1) is 15.8. The zero-order valence-corrected chi connectivity index (χ0v) is 12.8. The molecule has 1 amide bonds. The number of aryl methyl sites for hydroxylation is 1. The average Bonchev–Trinajstić information content (AvgIpc) is 2.72. The number of amides is 1. The van der Waals surface area contributed by atoms with Crippen molar-refractivity contribution in [2.24, 2.45) is 7.05 Å². The number of nitrogens with zero attached hydrogens (tertiary/aromatic N) is 3. The summed E-state index contributed by atoms with van der Waals surface area (Å²) >= 11 is 6.13. The van der Waals surface area contributed by atoms with Crippen LogP contribution in [0.3, 0.4) is 0 Å². The van der Waals surface area contributed by atoms with E-state index in [2.05, 4.69) is 5.10 Å². The van der Waals surface area contributed by atoms with Crippen LogP contribution in [0.2, 0.25) is 5.02 Å². The Bertz CT molecular complexity index is 552. The van der Waals surface area contributed by atoms with E-state index in [1.54, 1.807) is 14.0 Å². The van der Waals surface area contributed by atoms with Gasteiger partial charge in [0.25, 0.3) is 5.91 Å². The Morgan fingerprint density at radius 3 is 2.57 bits per heavy atom. The van der Waals surface area contributed by atoms with Crippen LogP contribution in [0, 0.1) is 6.92 Å². The second kappa shape index (κ2) is 6.44. The summed E-state index contributed by atoms with van der Waals surface area (Å²) in [4.78, 5) is 25.0. The Morgan fingerprint density at radius 2 is 2.10 bits per heavy atom. The van der Waals surface area contributed by atoms with Crippen molar-refractivity contribution in [3.63, 3.8) is 0 Å². The first-order valence-corrected chi connectivity index (χ1v) is 7.09. The van der Waals surface area contributed by atoms with Crippen LogP contribution in [0.4, 0.5) is 0 Å². The normalized spacial score (nSPS) is 16.0. The Kier molecular flexibility index (Phi) is 4.84. The number of carboxylic acid groups (broad SMARTS) is 1. The van der Waals surface area contributed by atoms with E-state index in [0.717, 1.165) is 0 Å². The third-order valence-corrected chi connectivity index (χ3v) is 4.11. The highest BCUT2D eigenvalue weighted by molar-refractivity contribution is 6.34. The molecule has 1 fully saturated rings. The number of aliphatic carboxylic acids is 1. The standard InChI is InChI=1S/C13H18ClN3O4/c1-8-11(14)12(15-16(8)2)13(20)17(7-10(18)19)9-3-5-21-6-4-9/h9H,3-7H2,1-2H3,(H,18,19). The van der Waals surface area contributed by atoms with Crippen LogP contribution >= 0.6 is 11.6 Å². The molecule has 0 bridgehead atoms. The molecule has 0 aromatic carbocycles. The fourth-order valence-electron chi connectivity index (χ4n) is 2.36. The SMILES string of the molecule is Cc1c(Cl)c(C(=O)N(CC(=O)O)C2CCOCC2)nn1C. The molecule has 2 rings (SSSR count). The van der Waals surface area contributed by atoms with Crippen molar-refractivity contribution in [3.05, 3.63) is 16.4 Å². The fraction of sp³-hybridized carbons (Fsp3) is 0.615. The van der Waals surface area contributed by atoms with Crippen molar-refractivity contribution >= 4 is 23.5 Å². The molecule has 1 aromatic rings. The van der Waals surface area contributed by atoms with Crippen LogP contribution in [-0.2, 0) is 16.6 Å². The number of carbonyl (C=O) groups is 2. The monoisotopic (exact) mass is 315 g/mol. The lowest BCUT2D eigenvalue weighted by Crippen LogP contribution is -2.46. The first-order chi connectivity index (χ1) is 9.91. The molecular weight excluding hydrogens is 298 g/mol. The highest BCUT2D eigenvalue weighted by Gasteiger charge is 2.31. The molecule has 1 aromatic heterocycles. The number of hydrogen-bond acceptors (Lipinski definition) is 4. The molecule has 1 aliphatic rings. The number of carbonyl (C=O) groups excluding carboxylic acids is 1. The Balaban J connectivity index is 2.28. The van der Waals surface area contributed by atoms with Crippen molar-refractivity contribution in [2.75, 3.05) is 19.8 Å². The van der Waals surface area contributed by atoms with E-state index in [1.807, 2.05) is 0 Å². The summed E-state index contributed by atoms with van der Waals surface area (Å²) in [5.41, 5.74) is 0.770. The molecule has 1 saturated heterocycles. The van der Waals surface area contributed by atoms with Gasteiger partial charge in [0, 0.05) is 26.3 Å². The van der Waals surface area contributed by atoms with Crippen molar-refractivity contribution in [2.45, 2.75) is 25.8 Å². The molecule has 0 spiro atoms. The number of rotatable bonds is 4. The summed E-state index contributed by atoms with van der Waals surface area (Å²) in [5, 5.41) is 13.4. The summed E-state index contributed by atoms with van der Waals surface area (Å²) in [6.07, 6.45) is 1.23. The number of carboxylic acids is 1. The van der Waals surface area contributed by atoms with Gasteiger partial charge in [0.15, 0.2) is 5.69 Å². The van der Waals surface area contributed by atoms with E-state index >= 15 is 0 Å². The minimum atomic E-state index is -1.06. The molecule has 116 valence electrons. The van der Waals surface area contributed by atoms with Crippen molar-refractivity contribution in [3.8, 4) is 0 Å². The van der Waals surface area contributed by atoms with Gasteiger partial charge in [0.2, 0.25) is 0 Å². The van der Waals surface area contributed by atoms with Crippen molar-refractivity contribution in [1.29, 1.82) is 0 Å². The quantitative estimate of drug-likeness (QED) is 0.899. The molecule has 1 aliphatic heterocycles. The number of aromatic nitrogens is 2. The molecule has 1 N–H and O–H groups in total. The van der Waals surface area contributed by atoms with Gasteiger partial charge in [-0.3, -0.25) is 14.3 Å². The number of hydrogen-bond donors (Lipinski definition) is 1. The third-order valence-electron chi connectivity index (χ3n) is 3.66. The predicted octanol–water partition coefficient (Wildman–Crippen LogP) is 1.09. The second-order valence-electron chi connectivity index (χ2n) is 5.04. The topological polar surface area (TPSA) is 84.7 Å². The summed E-state index contributed by atoms with van der Waals surface area (Å²) in [6, 6.07) is -0.166. The molecule has 0 aliphatic carbocycles. The molecule has 0 atom stereocenters.